The van der Waals surface area contributed by atoms with Gasteiger partial charge in [0, 0.05) is 11.1 Å². The highest BCUT2D eigenvalue weighted by molar-refractivity contribution is 7.09. The van der Waals surface area contributed by atoms with Crippen molar-refractivity contribution in [1.29, 1.82) is 0 Å². The Morgan fingerprint density at radius 2 is 2.47 bits per heavy atom. The molecule has 1 unspecified atom stereocenters. The third-order valence-electron chi connectivity index (χ3n) is 1.68. The van der Waals surface area contributed by atoms with Gasteiger partial charge in [0.05, 0.1) is 12.1 Å². The van der Waals surface area contributed by atoms with E-state index in [1.165, 1.54) is 0 Å². The fourth-order valence-corrected chi connectivity index (χ4v) is 1.58. The van der Waals surface area contributed by atoms with Crippen LogP contribution in [0.15, 0.2) is 16.1 Å². The summed E-state index contributed by atoms with van der Waals surface area (Å²) in [6, 6.07) is 0.380. The Labute approximate surface area is 95.5 Å². The molecule has 7 heteroatoms. The van der Waals surface area contributed by atoms with Gasteiger partial charge in [-0.2, -0.15) is 0 Å². The Morgan fingerprint density at radius 3 is 3.07 bits per heavy atom. The number of nitrogens with zero attached hydrogens (tertiary/aromatic N) is 3. The summed E-state index contributed by atoms with van der Waals surface area (Å²) in [5, 5.41) is 10.3. The van der Waals surface area contributed by atoms with Crippen LogP contribution in [0, 0.1) is 0 Å². The minimum absolute atomic E-state index is 0.267. The Bertz CT molecular complexity index is 414. The van der Waals surface area contributed by atoms with E-state index in [1.54, 1.807) is 30.0 Å². The zero-order chi connectivity index (χ0) is 10.7. The lowest BCUT2D eigenvalue weighted by Crippen LogP contribution is -1.97. The Hall–Kier alpha value is -1.14. The topological polar surface area (TPSA) is 63.8 Å². The molecule has 1 atom stereocenters. The zero-order valence-electron chi connectivity index (χ0n) is 7.98. The van der Waals surface area contributed by atoms with Gasteiger partial charge in [-0.1, -0.05) is 5.10 Å². The van der Waals surface area contributed by atoms with Crippen LogP contribution in [0.3, 0.4) is 0 Å². The molecule has 1 N–H and O–H groups in total. The largest absolute Gasteiger partial charge is 0.406 e. The summed E-state index contributed by atoms with van der Waals surface area (Å²) in [4.78, 5) is 5.06. The van der Waals surface area contributed by atoms with Gasteiger partial charge in [-0.05, 0) is 6.92 Å². The van der Waals surface area contributed by atoms with Gasteiger partial charge in [-0.3, -0.25) is 4.98 Å². The van der Waals surface area contributed by atoms with Gasteiger partial charge in [0.15, 0.2) is 0 Å². The lowest BCUT2D eigenvalue weighted by molar-refractivity contribution is 0.506. The Morgan fingerprint density at radius 1 is 1.60 bits per heavy atom. The number of nitrogens with one attached hydrogen (secondary N) is 1. The number of aromatic nitrogens is 3. The van der Waals surface area contributed by atoms with E-state index in [9.17, 15) is 0 Å². The van der Waals surface area contributed by atoms with Crippen LogP contribution < -0.4 is 5.32 Å². The van der Waals surface area contributed by atoms with Crippen molar-refractivity contribution in [2.24, 2.45) is 0 Å². The molecule has 0 fully saturated rings. The van der Waals surface area contributed by atoms with E-state index >= 15 is 0 Å². The van der Waals surface area contributed by atoms with Crippen LogP contribution in [0.5, 0.6) is 0 Å². The van der Waals surface area contributed by atoms with E-state index in [-0.39, 0.29) is 5.38 Å². The van der Waals surface area contributed by atoms with Crippen LogP contribution in [0.2, 0.25) is 0 Å². The lowest BCUT2D eigenvalue weighted by atomic mass is 10.5. The fraction of sp³-hybridized carbons (Fsp3) is 0.375. The summed E-state index contributed by atoms with van der Waals surface area (Å²) in [6.45, 7) is 2.41. The van der Waals surface area contributed by atoms with Gasteiger partial charge in [-0.15, -0.1) is 28.0 Å². The first-order chi connectivity index (χ1) is 7.25. The standard InChI is InChI=1S/C8H9ClN4OS/c1-5(9)7-12-13-8(14-7)11-3-6-2-10-4-15-6/h2,4-5H,3H2,1H3,(H,11,13). The average Bonchev–Trinajstić information content (AvgIpc) is 2.86. The van der Waals surface area contributed by atoms with Gasteiger partial charge >= 0.3 is 6.01 Å². The quantitative estimate of drug-likeness (QED) is 0.837. The first-order valence-corrected chi connectivity index (χ1v) is 5.66. The van der Waals surface area contributed by atoms with Crippen molar-refractivity contribution in [3.63, 3.8) is 0 Å². The van der Waals surface area contributed by atoms with Gasteiger partial charge in [-0.25, -0.2) is 0 Å². The normalized spacial score (nSPS) is 12.7. The molecule has 0 aliphatic heterocycles. The molecule has 15 heavy (non-hydrogen) atoms. The number of halogens is 1. The summed E-state index contributed by atoms with van der Waals surface area (Å²) < 4.78 is 5.26. The first-order valence-electron chi connectivity index (χ1n) is 4.34. The highest BCUT2D eigenvalue weighted by Gasteiger charge is 2.10. The monoisotopic (exact) mass is 244 g/mol. The average molecular weight is 245 g/mol. The van der Waals surface area contributed by atoms with Crippen molar-refractivity contribution in [3.8, 4) is 0 Å². The predicted octanol–water partition coefficient (Wildman–Crippen LogP) is 2.44. The zero-order valence-corrected chi connectivity index (χ0v) is 9.55. The van der Waals surface area contributed by atoms with Crippen molar-refractivity contribution < 1.29 is 4.42 Å². The number of hydrogen-bond acceptors (Lipinski definition) is 6. The second-order valence-corrected chi connectivity index (χ2v) is 4.51. The Kier molecular flexibility index (Phi) is 3.17. The molecule has 0 aliphatic rings. The summed E-state index contributed by atoms with van der Waals surface area (Å²) in [6.07, 6.45) is 1.79. The maximum Gasteiger partial charge on any atom is 0.315 e. The third-order valence-corrected chi connectivity index (χ3v) is 2.64. The molecule has 0 saturated carbocycles. The van der Waals surface area contributed by atoms with E-state index in [0.29, 0.717) is 18.5 Å². The molecule has 0 bridgehead atoms. The minimum atomic E-state index is -0.267. The molecule has 0 aromatic carbocycles. The van der Waals surface area contributed by atoms with Crippen LogP contribution in [0.4, 0.5) is 6.01 Å². The first kappa shape index (κ1) is 10.4. The van der Waals surface area contributed by atoms with Crippen LogP contribution in [-0.2, 0) is 6.54 Å². The van der Waals surface area contributed by atoms with Gasteiger partial charge in [0.1, 0.15) is 5.38 Å². The molecular weight excluding hydrogens is 236 g/mol. The van der Waals surface area contributed by atoms with Gasteiger partial charge < -0.3 is 9.73 Å². The predicted molar refractivity (Wildman–Crippen MR) is 58.0 cm³/mol. The molecule has 80 valence electrons. The maximum atomic E-state index is 5.78. The molecule has 0 aliphatic carbocycles. The maximum absolute atomic E-state index is 5.78. The SMILES string of the molecule is CC(Cl)c1nnc(NCc2cncs2)o1. The molecule has 5 nitrogen and oxygen atoms in total. The van der Waals surface area contributed by atoms with Crippen LogP contribution in [0.1, 0.15) is 23.1 Å². The van der Waals surface area contributed by atoms with Crippen molar-refractivity contribution >= 4 is 29.0 Å². The molecule has 2 heterocycles. The number of alkyl halides is 1. The lowest BCUT2D eigenvalue weighted by Gasteiger charge is -1.96. The number of anilines is 1. The van der Waals surface area contributed by atoms with Gasteiger partial charge in [0.25, 0.3) is 0 Å². The van der Waals surface area contributed by atoms with E-state index in [1.807, 2.05) is 0 Å². The van der Waals surface area contributed by atoms with Crippen LogP contribution in [0.25, 0.3) is 0 Å². The number of thiazole rings is 1. The highest BCUT2D eigenvalue weighted by Crippen LogP contribution is 2.19. The second kappa shape index (κ2) is 4.59. The van der Waals surface area contributed by atoms with E-state index < -0.39 is 0 Å². The molecule has 0 spiro atoms. The van der Waals surface area contributed by atoms with Crippen molar-refractivity contribution in [2.45, 2.75) is 18.8 Å². The van der Waals surface area contributed by atoms with Crippen molar-refractivity contribution in [1.82, 2.24) is 15.2 Å². The third kappa shape index (κ3) is 2.66. The molecule has 0 saturated heterocycles. The molecule has 2 aromatic heterocycles. The summed E-state index contributed by atoms with van der Waals surface area (Å²) >= 11 is 7.35. The molecular formula is C8H9ClN4OS. The fourth-order valence-electron chi connectivity index (χ4n) is 0.959. The molecule has 2 rings (SSSR count). The minimum Gasteiger partial charge on any atom is -0.406 e. The molecule has 0 radical (unpaired) electrons. The van der Waals surface area contributed by atoms with Crippen molar-refractivity contribution in [2.75, 3.05) is 5.32 Å². The van der Waals surface area contributed by atoms with Crippen LogP contribution >= 0.6 is 22.9 Å². The molecule has 0 amide bonds. The number of hydrogen-bond donors (Lipinski definition) is 1. The van der Waals surface area contributed by atoms with E-state index in [4.69, 9.17) is 16.0 Å². The summed E-state index contributed by atoms with van der Waals surface area (Å²) in [7, 11) is 0. The summed E-state index contributed by atoms with van der Waals surface area (Å²) in [5.41, 5.74) is 1.77. The van der Waals surface area contributed by atoms with E-state index in [2.05, 4.69) is 20.5 Å². The highest BCUT2D eigenvalue weighted by atomic mass is 35.5. The number of rotatable bonds is 4. The van der Waals surface area contributed by atoms with Crippen LogP contribution in [-0.4, -0.2) is 15.2 Å². The van der Waals surface area contributed by atoms with E-state index in [0.717, 1.165) is 4.88 Å². The smallest absolute Gasteiger partial charge is 0.315 e. The summed E-state index contributed by atoms with van der Waals surface area (Å²) in [5.74, 6) is 0.420. The molecule has 2 aromatic rings. The Balaban J connectivity index is 1.94. The van der Waals surface area contributed by atoms with Crippen molar-refractivity contribution in [3.05, 3.63) is 22.5 Å². The second-order valence-electron chi connectivity index (χ2n) is 2.88. The van der Waals surface area contributed by atoms with Gasteiger partial charge in [0.2, 0.25) is 5.89 Å².